The molecule has 2 rings (SSSR count). The second kappa shape index (κ2) is 6.44. The minimum atomic E-state index is -0.143. The van der Waals surface area contributed by atoms with Crippen molar-refractivity contribution < 1.29 is 9.90 Å². The number of benzene rings is 2. The monoisotopic (exact) mass is 283 g/mol. The minimum Gasteiger partial charge on any atom is -0.507 e. The number of rotatable bonds is 4. The van der Waals surface area contributed by atoms with Gasteiger partial charge in [-0.3, -0.25) is 4.79 Å². The molecule has 0 aliphatic carbocycles. The molecule has 0 aromatic heterocycles. The molecular weight excluding hydrogens is 262 g/mol. The highest BCUT2D eigenvalue weighted by molar-refractivity contribution is 5.97. The van der Waals surface area contributed by atoms with E-state index < -0.39 is 0 Å². The van der Waals surface area contributed by atoms with Gasteiger partial charge in [0.1, 0.15) is 5.75 Å². The van der Waals surface area contributed by atoms with Crippen LogP contribution in [-0.2, 0) is 6.54 Å². The Labute approximate surface area is 125 Å². The van der Waals surface area contributed by atoms with Crippen LogP contribution in [0.25, 0.3) is 0 Å². The van der Waals surface area contributed by atoms with Gasteiger partial charge in [-0.15, -0.1) is 0 Å². The number of carbonyl (C=O) groups excluding carboxylic acids is 1. The minimum absolute atomic E-state index is 0.0534. The van der Waals surface area contributed by atoms with Crippen LogP contribution in [-0.4, -0.2) is 22.0 Å². The first kappa shape index (κ1) is 15.1. The summed E-state index contributed by atoms with van der Waals surface area (Å²) in [5.74, 6) is -0.0729. The maximum Gasteiger partial charge on any atom is 0.258 e. The summed E-state index contributed by atoms with van der Waals surface area (Å²) >= 11 is 0. The third kappa shape index (κ3) is 3.43. The first-order valence-electron chi connectivity index (χ1n) is 7.14. The number of aromatic hydroxyl groups is 1. The first-order valence-corrected chi connectivity index (χ1v) is 7.14. The summed E-state index contributed by atoms with van der Waals surface area (Å²) in [4.78, 5) is 14.5. The molecule has 0 bridgehead atoms. The quantitative estimate of drug-likeness (QED) is 0.928. The molecule has 0 saturated heterocycles. The van der Waals surface area contributed by atoms with E-state index in [9.17, 15) is 9.90 Å². The SMILES string of the molecule is Cc1cccc(C(=O)N(Cc2ccccc2)C(C)C)c1O. The normalized spacial score (nSPS) is 10.7. The van der Waals surface area contributed by atoms with E-state index >= 15 is 0 Å². The summed E-state index contributed by atoms with van der Waals surface area (Å²) in [6, 6.07) is 15.2. The predicted octanol–water partition coefficient (Wildman–Crippen LogP) is 3.75. The zero-order chi connectivity index (χ0) is 15.4. The van der Waals surface area contributed by atoms with Crippen molar-refractivity contribution in [3.63, 3.8) is 0 Å². The van der Waals surface area contributed by atoms with Gasteiger partial charge in [0.25, 0.3) is 5.91 Å². The Morgan fingerprint density at radius 1 is 1.10 bits per heavy atom. The van der Waals surface area contributed by atoms with Gasteiger partial charge in [-0.2, -0.15) is 0 Å². The van der Waals surface area contributed by atoms with E-state index in [4.69, 9.17) is 0 Å². The summed E-state index contributed by atoms with van der Waals surface area (Å²) in [5.41, 5.74) is 2.15. The van der Waals surface area contributed by atoms with Crippen LogP contribution in [0.15, 0.2) is 48.5 Å². The Morgan fingerprint density at radius 3 is 2.38 bits per heavy atom. The zero-order valence-corrected chi connectivity index (χ0v) is 12.7. The summed E-state index contributed by atoms with van der Waals surface area (Å²) in [7, 11) is 0. The van der Waals surface area contributed by atoms with Gasteiger partial charge in [0.05, 0.1) is 5.56 Å². The fourth-order valence-electron chi connectivity index (χ4n) is 2.26. The standard InChI is InChI=1S/C18H21NO2/c1-13(2)19(12-15-9-5-4-6-10-15)18(21)16-11-7-8-14(3)17(16)20/h4-11,13,20H,12H2,1-3H3. The molecule has 0 aliphatic heterocycles. The van der Waals surface area contributed by atoms with E-state index in [2.05, 4.69) is 0 Å². The lowest BCUT2D eigenvalue weighted by Crippen LogP contribution is -2.36. The van der Waals surface area contributed by atoms with Gasteiger partial charge in [-0.1, -0.05) is 42.5 Å². The molecule has 0 atom stereocenters. The Kier molecular flexibility index (Phi) is 4.63. The molecule has 0 heterocycles. The lowest BCUT2D eigenvalue weighted by molar-refractivity contribution is 0.0687. The molecular formula is C18H21NO2. The molecule has 2 aromatic rings. The van der Waals surface area contributed by atoms with E-state index in [0.29, 0.717) is 17.7 Å². The number of aryl methyl sites for hydroxylation is 1. The summed E-state index contributed by atoms with van der Waals surface area (Å²) in [6.45, 7) is 6.29. The van der Waals surface area contributed by atoms with Crippen LogP contribution in [0.5, 0.6) is 5.75 Å². The molecule has 3 heteroatoms. The Hall–Kier alpha value is -2.29. The molecule has 0 saturated carbocycles. The molecule has 0 spiro atoms. The Morgan fingerprint density at radius 2 is 1.76 bits per heavy atom. The van der Waals surface area contributed by atoms with Crippen molar-refractivity contribution in [3.8, 4) is 5.75 Å². The number of amides is 1. The van der Waals surface area contributed by atoms with Crippen LogP contribution in [0.2, 0.25) is 0 Å². The largest absolute Gasteiger partial charge is 0.507 e. The van der Waals surface area contributed by atoms with Crippen LogP contribution in [0, 0.1) is 6.92 Å². The smallest absolute Gasteiger partial charge is 0.258 e. The highest BCUT2D eigenvalue weighted by Gasteiger charge is 2.22. The topological polar surface area (TPSA) is 40.5 Å². The lowest BCUT2D eigenvalue weighted by Gasteiger charge is -2.27. The maximum atomic E-state index is 12.7. The number of nitrogens with zero attached hydrogens (tertiary/aromatic N) is 1. The zero-order valence-electron chi connectivity index (χ0n) is 12.7. The molecule has 2 aromatic carbocycles. The molecule has 21 heavy (non-hydrogen) atoms. The number of carbonyl (C=O) groups is 1. The third-order valence-electron chi connectivity index (χ3n) is 3.55. The summed E-state index contributed by atoms with van der Waals surface area (Å²) in [5, 5.41) is 10.1. The van der Waals surface area contributed by atoms with E-state index in [1.54, 1.807) is 30.0 Å². The number of para-hydroxylation sites is 1. The fraction of sp³-hybridized carbons (Fsp3) is 0.278. The maximum absolute atomic E-state index is 12.7. The van der Waals surface area contributed by atoms with Crippen LogP contribution in [0.3, 0.4) is 0 Å². The summed E-state index contributed by atoms with van der Waals surface area (Å²) in [6.07, 6.45) is 0. The van der Waals surface area contributed by atoms with Gasteiger partial charge in [0.15, 0.2) is 0 Å². The van der Waals surface area contributed by atoms with Crippen molar-refractivity contribution in [2.45, 2.75) is 33.4 Å². The van der Waals surface area contributed by atoms with Gasteiger partial charge in [-0.05, 0) is 38.0 Å². The van der Waals surface area contributed by atoms with Crippen molar-refractivity contribution >= 4 is 5.91 Å². The number of phenolic OH excluding ortho intramolecular Hbond substituents is 1. The molecule has 0 radical (unpaired) electrons. The van der Waals surface area contributed by atoms with Crippen molar-refractivity contribution in [3.05, 3.63) is 65.2 Å². The van der Waals surface area contributed by atoms with Crippen molar-refractivity contribution in [1.82, 2.24) is 4.90 Å². The fourth-order valence-corrected chi connectivity index (χ4v) is 2.26. The van der Waals surface area contributed by atoms with E-state index in [1.807, 2.05) is 44.2 Å². The van der Waals surface area contributed by atoms with E-state index in [-0.39, 0.29) is 17.7 Å². The van der Waals surface area contributed by atoms with Gasteiger partial charge in [-0.25, -0.2) is 0 Å². The summed E-state index contributed by atoms with van der Waals surface area (Å²) < 4.78 is 0. The molecule has 110 valence electrons. The second-order valence-electron chi connectivity index (χ2n) is 5.48. The van der Waals surface area contributed by atoms with Crippen molar-refractivity contribution in [2.75, 3.05) is 0 Å². The van der Waals surface area contributed by atoms with Gasteiger partial charge in [0, 0.05) is 12.6 Å². The Bertz CT molecular complexity index is 620. The molecule has 1 amide bonds. The van der Waals surface area contributed by atoms with Crippen LogP contribution >= 0.6 is 0 Å². The molecule has 0 aliphatic rings. The van der Waals surface area contributed by atoms with E-state index in [1.165, 1.54) is 0 Å². The molecule has 1 N–H and O–H groups in total. The van der Waals surface area contributed by atoms with Crippen LogP contribution in [0.1, 0.15) is 35.3 Å². The van der Waals surface area contributed by atoms with Gasteiger partial charge >= 0.3 is 0 Å². The van der Waals surface area contributed by atoms with Gasteiger partial charge in [0.2, 0.25) is 0 Å². The number of hydrogen-bond acceptors (Lipinski definition) is 2. The molecule has 3 nitrogen and oxygen atoms in total. The van der Waals surface area contributed by atoms with Crippen molar-refractivity contribution in [1.29, 1.82) is 0 Å². The highest BCUT2D eigenvalue weighted by atomic mass is 16.3. The number of hydrogen-bond donors (Lipinski definition) is 1. The van der Waals surface area contributed by atoms with E-state index in [0.717, 1.165) is 5.56 Å². The van der Waals surface area contributed by atoms with Crippen LogP contribution in [0.4, 0.5) is 0 Å². The van der Waals surface area contributed by atoms with Crippen LogP contribution < -0.4 is 0 Å². The Balaban J connectivity index is 2.30. The third-order valence-corrected chi connectivity index (χ3v) is 3.55. The first-order chi connectivity index (χ1) is 10.0. The number of phenols is 1. The van der Waals surface area contributed by atoms with Gasteiger partial charge < -0.3 is 10.0 Å². The van der Waals surface area contributed by atoms with Crippen molar-refractivity contribution in [2.24, 2.45) is 0 Å². The average Bonchev–Trinajstić information content (AvgIpc) is 2.48. The average molecular weight is 283 g/mol. The molecule has 0 unspecified atom stereocenters. The highest BCUT2D eigenvalue weighted by Crippen LogP contribution is 2.24. The lowest BCUT2D eigenvalue weighted by atomic mass is 10.1. The predicted molar refractivity (Wildman–Crippen MR) is 84.3 cm³/mol. The molecule has 0 fully saturated rings. The second-order valence-corrected chi connectivity index (χ2v) is 5.48.